The van der Waals surface area contributed by atoms with E-state index in [1.807, 2.05) is 22.6 Å². The molecule has 0 aliphatic carbocycles. The van der Waals surface area contributed by atoms with E-state index in [9.17, 15) is 19.2 Å². The number of amides is 3. The van der Waals surface area contributed by atoms with Crippen LogP contribution in [0, 0.1) is 0 Å². The maximum Gasteiger partial charge on any atom is 0.333 e. The molecule has 1 saturated heterocycles. The number of imide groups is 1. The van der Waals surface area contributed by atoms with Gasteiger partial charge in [0, 0.05) is 25.8 Å². The number of alkyl halides is 1. The van der Waals surface area contributed by atoms with E-state index < -0.39 is 17.8 Å². The number of unbranched alkanes of at least 4 members (excludes halogenated alkanes) is 2. The van der Waals surface area contributed by atoms with Crippen LogP contribution in [0.25, 0.3) is 0 Å². The third-order valence-corrected chi connectivity index (χ3v) is 3.39. The Kier molecular flexibility index (Phi) is 9.93. The minimum Gasteiger partial charge on any atom is -0.355 e. The average molecular weight is 412 g/mol. The Balaban J connectivity index is 0.00000400. The first-order chi connectivity index (χ1) is 9.54. The van der Waals surface area contributed by atoms with Gasteiger partial charge in [0.25, 0.3) is 11.8 Å². The normalized spacial score (nSPS) is 13.9. The Morgan fingerprint density at radius 2 is 1.76 bits per heavy atom. The van der Waals surface area contributed by atoms with Gasteiger partial charge in [-0.2, -0.15) is 0 Å². The number of hydrogen-bond acceptors (Lipinski definition) is 5. The number of rotatable bonds is 8. The first kappa shape index (κ1) is 19.8. The monoisotopic (exact) mass is 412 g/mol. The summed E-state index contributed by atoms with van der Waals surface area (Å²) in [6, 6.07) is 0. The van der Waals surface area contributed by atoms with Crippen molar-refractivity contribution >= 4 is 46.3 Å². The molecular formula is C13H21IN2O5. The highest BCUT2D eigenvalue weighted by atomic mass is 127. The lowest BCUT2D eigenvalue weighted by Gasteiger charge is -2.12. The third-order valence-electron chi connectivity index (χ3n) is 2.70. The van der Waals surface area contributed by atoms with Crippen molar-refractivity contribution in [2.75, 3.05) is 11.0 Å². The highest BCUT2D eigenvalue weighted by Crippen LogP contribution is 2.13. The summed E-state index contributed by atoms with van der Waals surface area (Å²) in [7, 11) is 0. The second-order valence-corrected chi connectivity index (χ2v) is 5.10. The maximum atomic E-state index is 11.4. The van der Waals surface area contributed by atoms with Crippen LogP contribution in [0.3, 0.4) is 0 Å². The zero-order chi connectivity index (χ0) is 15.0. The second kappa shape index (κ2) is 10.5. The van der Waals surface area contributed by atoms with E-state index in [1.54, 1.807) is 0 Å². The van der Waals surface area contributed by atoms with Gasteiger partial charge in [-0.15, -0.1) is 5.06 Å². The summed E-state index contributed by atoms with van der Waals surface area (Å²) in [5.41, 5.74) is 0. The zero-order valence-electron chi connectivity index (χ0n) is 11.0. The zero-order valence-corrected chi connectivity index (χ0v) is 13.2. The molecule has 0 aromatic heterocycles. The number of hydrogen-bond donors (Lipinski definition) is 1. The van der Waals surface area contributed by atoms with Crippen LogP contribution in [0.5, 0.6) is 0 Å². The Morgan fingerprint density at radius 1 is 1.14 bits per heavy atom. The molecule has 0 bridgehead atoms. The number of hydroxylamine groups is 2. The molecule has 7 nitrogen and oxygen atoms in total. The first-order valence-electron chi connectivity index (χ1n) is 6.44. The fourth-order valence-corrected chi connectivity index (χ4v) is 1.92. The summed E-state index contributed by atoms with van der Waals surface area (Å²) in [6.07, 6.45) is 2.48. The number of carbonyl (C=O) groups excluding carboxylic acids is 4. The fraction of sp³-hybridized carbons (Fsp3) is 0.692. The molecule has 8 heteroatoms. The molecule has 0 aromatic carbocycles. The molecule has 1 fully saturated rings. The Morgan fingerprint density at radius 3 is 2.33 bits per heavy atom. The van der Waals surface area contributed by atoms with Crippen molar-refractivity contribution in [2.45, 2.75) is 46.0 Å². The molecule has 1 N–H and O–H groups in total. The molecule has 0 saturated carbocycles. The van der Waals surface area contributed by atoms with Gasteiger partial charge in [-0.1, -0.05) is 36.4 Å². The Hall–Kier alpha value is -1.19. The van der Waals surface area contributed by atoms with Gasteiger partial charge in [-0.25, -0.2) is 4.79 Å². The van der Waals surface area contributed by atoms with E-state index in [-0.39, 0.29) is 32.6 Å². The molecule has 1 aliphatic heterocycles. The summed E-state index contributed by atoms with van der Waals surface area (Å²) in [5, 5.41) is 3.29. The van der Waals surface area contributed by atoms with E-state index in [0.29, 0.717) is 22.5 Å². The van der Waals surface area contributed by atoms with Crippen LogP contribution in [0.4, 0.5) is 0 Å². The van der Waals surface area contributed by atoms with Gasteiger partial charge < -0.3 is 10.2 Å². The predicted octanol–water partition coefficient (Wildman–Crippen LogP) is 1.34. The fourth-order valence-electron chi connectivity index (χ4n) is 1.65. The molecule has 1 aliphatic rings. The lowest BCUT2D eigenvalue weighted by atomic mass is 10.2. The SMILES string of the molecule is C.O=C(CI)NCCCCCC(=O)ON1C(=O)CCC1=O. The molecule has 0 spiro atoms. The minimum absolute atomic E-state index is 0. The van der Waals surface area contributed by atoms with Crippen LogP contribution in [-0.4, -0.2) is 39.7 Å². The lowest BCUT2D eigenvalue weighted by Crippen LogP contribution is -2.32. The van der Waals surface area contributed by atoms with Crippen LogP contribution >= 0.6 is 22.6 Å². The van der Waals surface area contributed by atoms with Gasteiger partial charge >= 0.3 is 5.97 Å². The molecule has 0 atom stereocenters. The van der Waals surface area contributed by atoms with Gasteiger partial charge in [0.1, 0.15) is 0 Å². The van der Waals surface area contributed by atoms with Crippen molar-refractivity contribution < 1.29 is 24.0 Å². The van der Waals surface area contributed by atoms with Crippen molar-refractivity contribution in [3.8, 4) is 0 Å². The summed E-state index contributed by atoms with van der Waals surface area (Å²) in [4.78, 5) is 49.5. The van der Waals surface area contributed by atoms with E-state index in [0.717, 1.165) is 12.8 Å². The van der Waals surface area contributed by atoms with E-state index >= 15 is 0 Å². The van der Waals surface area contributed by atoms with E-state index in [2.05, 4.69) is 5.32 Å². The summed E-state index contributed by atoms with van der Waals surface area (Å²) >= 11 is 1.98. The average Bonchev–Trinajstić information content (AvgIpc) is 2.74. The first-order valence-corrected chi connectivity index (χ1v) is 7.96. The van der Waals surface area contributed by atoms with Crippen molar-refractivity contribution in [1.82, 2.24) is 10.4 Å². The van der Waals surface area contributed by atoms with Gasteiger partial charge in [-0.3, -0.25) is 14.4 Å². The van der Waals surface area contributed by atoms with Gasteiger partial charge in [0.05, 0.1) is 4.43 Å². The molecule has 0 radical (unpaired) electrons. The van der Waals surface area contributed by atoms with Crippen LogP contribution < -0.4 is 5.32 Å². The van der Waals surface area contributed by atoms with Gasteiger partial charge in [0.2, 0.25) is 5.91 Å². The summed E-state index contributed by atoms with van der Waals surface area (Å²) in [6.45, 7) is 0.583. The van der Waals surface area contributed by atoms with Crippen molar-refractivity contribution in [3.05, 3.63) is 0 Å². The second-order valence-electron chi connectivity index (χ2n) is 4.34. The molecule has 1 heterocycles. The number of carbonyl (C=O) groups is 4. The quantitative estimate of drug-likeness (QED) is 0.281. The molecule has 3 amide bonds. The highest BCUT2D eigenvalue weighted by molar-refractivity contribution is 14.1. The van der Waals surface area contributed by atoms with Gasteiger partial charge in [0.15, 0.2) is 0 Å². The Labute approximate surface area is 137 Å². The smallest absolute Gasteiger partial charge is 0.333 e. The molecule has 21 heavy (non-hydrogen) atoms. The minimum atomic E-state index is -0.579. The molecule has 0 unspecified atom stereocenters. The standard InChI is InChI=1S/C12H17IN2O5.CH4/c13-8-9(16)14-7-3-1-2-4-12(19)20-15-10(17)5-6-11(15)18;/h1-8H2,(H,14,16);1H4. The summed E-state index contributed by atoms with van der Waals surface area (Å²) < 4.78 is 0.433. The number of halogens is 1. The van der Waals surface area contributed by atoms with Crippen molar-refractivity contribution in [1.29, 1.82) is 0 Å². The highest BCUT2D eigenvalue weighted by Gasteiger charge is 2.32. The van der Waals surface area contributed by atoms with Crippen LogP contribution in [-0.2, 0) is 24.0 Å². The number of nitrogens with zero attached hydrogens (tertiary/aromatic N) is 1. The van der Waals surface area contributed by atoms with Crippen LogP contribution in [0.15, 0.2) is 0 Å². The largest absolute Gasteiger partial charge is 0.355 e. The third kappa shape index (κ3) is 7.39. The molecular weight excluding hydrogens is 391 g/mol. The van der Waals surface area contributed by atoms with Crippen molar-refractivity contribution in [3.63, 3.8) is 0 Å². The van der Waals surface area contributed by atoms with Crippen molar-refractivity contribution in [2.24, 2.45) is 0 Å². The maximum absolute atomic E-state index is 11.4. The molecule has 120 valence electrons. The van der Waals surface area contributed by atoms with Gasteiger partial charge in [-0.05, 0) is 12.8 Å². The number of nitrogens with one attached hydrogen (secondary N) is 1. The Bertz CT molecular complexity index is 384. The van der Waals surface area contributed by atoms with E-state index in [1.165, 1.54) is 0 Å². The van der Waals surface area contributed by atoms with E-state index in [4.69, 9.17) is 4.84 Å². The predicted molar refractivity (Wildman–Crippen MR) is 84.3 cm³/mol. The molecule has 1 rings (SSSR count). The van der Waals surface area contributed by atoms with Crippen LogP contribution in [0.2, 0.25) is 0 Å². The topological polar surface area (TPSA) is 92.8 Å². The summed E-state index contributed by atoms with van der Waals surface area (Å²) in [5.74, 6) is -1.52. The lowest BCUT2D eigenvalue weighted by molar-refractivity contribution is -0.197. The molecule has 0 aromatic rings. The van der Waals surface area contributed by atoms with Crippen LogP contribution in [0.1, 0.15) is 46.0 Å².